The minimum absolute atomic E-state index is 0.0370. The fraction of sp³-hybridized carbons (Fsp3) is 0.455. The lowest BCUT2D eigenvalue weighted by atomic mass is 9.97. The molecule has 0 spiro atoms. The highest BCUT2D eigenvalue weighted by Crippen LogP contribution is 2.24. The first-order chi connectivity index (χ1) is 7.74. The second-order valence-electron chi connectivity index (χ2n) is 3.80. The summed E-state index contributed by atoms with van der Waals surface area (Å²) in [5.74, 6) is 0.0370. The van der Waals surface area contributed by atoms with E-state index in [9.17, 15) is 4.79 Å². The first-order valence-electron chi connectivity index (χ1n) is 5.33. The van der Waals surface area contributed by atoms with Gasteiger partial charge in [0.2, 0.25) is 5.91 Å². The van der Waals surface area contributed by atoms with E-state index in [1.807, 2.05) is 0 Å². The van der Waals surface area contributed by atoms with Crippen molar-refractivity contribution in [2.45, 2.75) is 32.1 Å². The fourth-order valence-corrected chi connectivity index (χ4v) is 2.87. The molecular formula is C11H13BrN2OS. The average molecular weight is 301 g/mol. The maximum absolute atomic E-state index is 11.7. The van der Waals surface area contributed by atoms with Crippen LogP contribution in [0, 0.1) is 0 Å². The minimum atomic E-state index is 0.0370. The van der Waals surface area contributed by atoms with Gasteiger partial charge in [-0.25, -0.2) is 4.98 Å². The highest BCUT2D eigenvalue weighted by atomic mass is 79.9. The van der Waals surface area contributed by atoms with E-state index in [4.69, 9.17) is 0 Å². The molecule has 3 nitrogen and oxygen atoms in total. The van der Waals surface area contributed by atoms with Gasteiger partial charge in [-0.05, 0) is 41.6 Å². The summed E-state index contributed by atoms with van der Waals surface area (Å²) in [7, 11) is 0. The third-order valence-corrected chi connectivity index (χ3v) is 3.89. The Morgan fingerprint density at radius 3 is 3.06 bits per heavy atom. The van der Waals surface area contributed by atoms with Gasteiger partial charge < -0.3 is 5.32 Å². The number of halogens is 1. The van der Waals surface area contributed by atoms with E-state index < -0.39 is 0 Å². The molecule has 1 aliphatic carbocycles. The predicted molar refractivity (Wildman–Crippen MR) is 69.6 cm³/mol. The number of carbonyl (C=O) groups excluding carboxylic acids is 1. The van der Waals surface area contributed by atoms with Crippen molar-refractivity contribution in [1.82, 2.24) is 4.98 Å². The number of hydrogen-bond donors (Lipinski definition) is 1. The molecule has 0 aromatic carbocycles. The van der Waals surface area contributed by atoms with E-state index in [0.717, 1.165) is 16.6 Å². The van der Waals surface area contributed by atoms with Crippen LogP contribution in [0.5, 0.6) is 0 Å². The van der Waals surface area contributed by atoms with Gasteiger partial charge in [-0.1, -0.05) is 23.0 Å². The summed E-state index contributed by atoms with van der Waals surface area (Å²) in [6.45, 7) is 0. The van der Waals surface area contributed by atoms with E-state index in [2.05, 4.69) is 32.3 Å². The Morgan fingerprint density at radius 2 is 2.44 bits per heavy atom. The summed E-state index contributed by atoms with van der Waals surface area (Å²) in [6.07, 6.45) is 9.05. The molecule has 0 aliphatic heterocycles. The average Bonchev–Trinajstić information content (AvgIpc) is 2.65. The Kier molecular flexibility index (Phi) is 4.12. The Hall–Kier alpha value is -0.680. The van der Waals surface area contributed by atoms with Crippen LogP contribution in [-0.4, -0.2) is 10.9 Å². The molecule has 2 rings (SSSR count). The van der Waals surface area contributed by atoms with Crippen molar-refractivity contribution < 1.29 is 4.79 Å². The van der Waals surface area contributed by atoms with Crippen molar-refractivity contribution in [3.05, 3.63) is 21.6 Å². The SMILES string of the molecule is O=C(CC1=CCCCC1)Nc1ncc(Br)s1. The number of carbonyl (C=O) groups is 1. The number of nitrogens with one attached hydrogen (secondary N) is 1. The molecule has 86 valence electrons. The molecule has 1 aromatic heterocycles. The van der Waals surface area contributed by atoms with Crippen LogP contribution in [0.15, 0.2) is 21.6 Å². The van der Waals surface area contributed by atoms with E-state index in [1.54, 1.807) is 6.20 Å². The molecule has 1 aromatic rings. The number of thiazole rings is 1. The van der Waals surface area contributed by atoms with Crippen molar-refractivity contribution >= 4 is 38.3 Å². The highest BCUT2D eigenvalue weighted by Gasteiger charge is 2.10. The van der Waals surface area contributed by atoms with E-state index in [-0.39, 0.29) is 5.91 Å². The molecule has 1 heterocycles. The topological polar surface area (TPSA) is 42.0 Å². The smallest absolute Gasteiger partial charge is 0.230 e. The maximum atomic E-state index is 11.7. The van der Waals surface area contributed by atoms with Crippen LogP contribution in [0.4, 0.5) is 5.13 Å². The normalized spacial score (nSPS) is 15.7. The molecule has 0 radical (unpaired) electrons. The van der Waals surface area contributed by atoms with Gasteiger partial charge in [0.1, 0.15) is 0 Å². The van der Waals surface area contributed by atoms with Gasteiger partial charge >= 0.3 is 0 Å². The first kappa shape index (κ1) is 11.8. The summed E-state index contributed by atoms with van der Waals surface area (Å²) >= 11 is 4.75. The Balaban J connectivity index is 1.86. The Morgan fingerprint density at radius 1 is 1.56 bits per heavy atom. The van der Waals surface area contributed by atoms with Crippen molar-refractivity contribution in [3.8, 4) is 0 Å². The number of hydrogen-bond acceptors (Lipinski definition) is 3. The molecular weight excluding hydrogens is 288 g/mol. The monoisotopic (exact) mass is 300 g/mol. The van der Waals surface area contributed by atoms with E-state index in [0.29, 0.717) is 11.6 Å². The summed E-state index contributed by atoms with van der Waals surface area (Å²) in [5, 5.41) is 3.47. The zero-order valence-electron chi connectivity index (χ0n) is 8.83. The predicted octanol–water partition coefficient (Wildman–Crippen LogP) is 3.73. The lowest BCUT2D eigenvalue weighted by Crippen LogP contribution is -2.12. The van der Waals surface area contributed by atoms with Gasteiger partial charge in [0.15, 0.2) is 5.13 Å². The van der Waals surface area contributed by atoms with Crippen molar-refractivity contribution in [2.75, 3.05) is 5.32 Å². The first-order valence-corrected chi connectivity index (χ1v) is 6.94. The highest BCUT2D eigenvalue weighted by molar-refractivity contribution is 9.11. The van der Waals surface area contributed by atoms with Crippen LogP contribution < -0.4 is 5.32 Å². The number of aromatic nitrogens is 1. The molecule has 0 bridgehead atoms. The summed E-state index contributed by atoms with van der Waals surface area (Å²) in [4.78, 5) is 15.8. The Bertz CT molecular complexity index is 414. The molecule has 0 saturated heterocycles. The number of amides is 1. The van der Waals surface area contributed by atoms with Crippen molar-refractivity contribution in [3.63, 3.8) is 0 Å². The fourth-order valence-electron chi connectivity index (χ4n) is 1.75. The van der Waals surface area contributed by atoms with Crippen LogP contribution in [0.25, 0.3) is 0 Å². The molecule has 0 saturated carbocycles. The van der Waals surface area contributed by atoms with Gasteiger partial charge in [-0.2, -0.15) is 0 Å². The second kappa shape index (κ2) is 5.59. The molecule has 0 unspecified atom stereocenters. The van der Waals surface area contributed by atoms with Crippen LogP contribution in [-0.2, 0) is 4.79 Å². The van der Waals surface area contributed by atoms with Gasteiger partial charge in [-0.15, -0.1) is 0 Å². The zero-order valence-corrected chi connectivity index (χ0v) is 11.2. The van der Waals surface area contributed by atoms with E-state index >= 15 is 0 Å². The van der Waals surface area contributed by atoms with Gasteiger partial charge in [0.25, 0.3) is 0 Å². The number of nitrogens with zero attached hydrogens (tertiary/aromatic N) is 1. The van der Waals surface area contributed by atoms with Gasteiger partial charge in [0.05, 0.1) is 9.98 Å². The van der Waals surface area contributed by atoms with Crippen molar-refractivity contribution in [2.24, 2.45) is 0 Å². The summed E-state index contributed by atoms with van der Waals surface area (Å²) in [5.41, 5.74) is 1.26. The molecule has 5 heteroatoms. The molecule has 1 amide bonds. The number of allylic oxidation sites excluding steroid dienone is 1. The maximum Gasteiger partial charge on any atom is 0.230 e. The minimum Gasteiger partial charge on any atom is -0.302 e. The second-order valence-corrected chi connectivity index (χ2v) is 6.21. The van der Waals surface area contributed by atoms with E-state index in [1.165, 1.54) is 29.8 Å². The third-order valence-electron chi connectivity index (χ3n) is 2.50. The lowest BCUT2D eigenvalue weighted by molar-refractivity contribution is -0.115. The molecule has 1 aliphatic rings. The lowest BCUT2D eigenvalue weighted by Gasteiger charge is -2.11. The molecule has 1 N–H and O–H groups in total. The molecule has 0 atom stereocenters. The summed E-state index contributed by atoms with van der Waals surface area (Å²) in [6, 6.07) is 0. The van der Waals surface area contributed by atoms with Gasteiger partial charge in [-0.3, -0.25) is 4.79 Å². The summed E-state index contributed by atoms with van der Waals surface area (Å²) < 4.78 is 0.930. The largest absolute Gasteiger partial charge is 0.302 e. The quantitative estimate of drug-likeness (QED) is 0.864. The zero-order chi connectivity index (χ0) is 11.4. The van der Waals surface area contributed by atoms with Crippen LogP contribution in [0.2, 0.25) is 0 Å². The standard InChI is InChI=1S/C11H13BrN2OS/c12-9-7-13-11(16-9)14-10(15)6-8-4-2-1-3-5-8/h4,7H,1-3,5-6H2,(H,13,14,15). The Labute approximate surface area is 107 Å². The third kappa shape index (κ3) is 3.42. The number of rotatable bonds is 3. The van der Waals surface area contributed by atoms with Crippen LogP contribution in [0.1, 0.15) is 32.1 Å². The number of anilines is 1. The molecule has 0 fully saturated rings. The van der Waals surface area contributed by atoms with Gasteiger partial charge in [0, 0.05) is 6.42 Å². The van der Waals surface area contributed by atoms with Crippen LogP contribution >= 0.6 is 27.3 Å². The van der Waals surface area contributed by atoms with Crippen LogP contribution in [0.3, 0.4) is 0 Å². The molecule has 16 heavy (non-hydrogen) atoms. The van der Waals surface area contributed by atoms with Crippen molar-refractivity contribution in [1.29, 1.82) is 0 Å².